The number of nitrogens with two attached hydrogens (primary N) is 2. The van der Waals surface area contributed by atoms with Crippen molar-refractivity contribution in [2.45, 2.75) is 0 Å². The lowest BCUT2D eigenvalue weighted by Gasteiger charge is -2.10. The molecule has 0 atom stereocenters. The fraction of sp³-hybridized carbons (Fsp3) is 0. The zero-order valence-corrected chi connectivity index (χ0v) is 21.4. The van der Waals surface area contributed by atoms with Crippen molar-refractivity contribution < 1.29 is 0 Å². The molecule has 0 saturated carbocycles. The van der Waals surface area contributed by atoms with E-state index in [0.717, 1.165) is 11.1 Å². The van der Waals surface area contributed by atoms with Gasteiger partial charge >= 0.3 is 0 Å². The van der Waals surface area contributed by atoms with Gasteiger partial charge in [-0.15, -0.1) is 0 Å². The van der Waals surface area contributed by atoms with E-state index < -0.39 is 0 Å². The van der Waals surface area contributed by atoms with Gasteiger partial charge < -0.3 is 11.5 Å². The second-order valence-corrected chi connectivity index (χ2v) is 9.51. The summed E-state index contributed by atoms with van der Waals surface area (Å²) in [6.45, 7) is 0. The number of rotatable bonds is 4. The first kappa shape index (κ1) is 24.3. The highest BCUT2D eigenvalue weighted by Gasteiger charge is 2.13. The number of hydrogen-bond donors (Lipinski definition) is 2. The van der Waals surface area contributed by atoms with Crippen LogP contribution in [0.25, 0.3) is 45.0 Å². The van der Waals surface area contributed by atoms with Gasteiger partial charge in [-0.05, 0) is 48.5 Å². The summed E-state index contributed by atoms with van der Waals surface area (Å²) in [4.78, 5) is 17.5. The first-order valence-corrected chi connectivity index (χ1v) is 12.1. The van der Waals surface area contributed by atoms with Crippen LogP contribution in [0.1, 0.15) is 0 Å². The van der Waals surface area contributed by atoms with E-state index in [2.05, 4.69) is 19.9 Å². The van der Waals surface area contributed by atoms with Crippen LogP contribution in [0.2, 0.25) is 20.1 Å². The third-order valence-electron chi connectivity index (χ3n) is 5.38. The molecule has 0 unspecified atom stereocenters. The molecule has 0 saturated heterocycles. The van der Waals surface area contributed by atoms with E-state index in [1.807, 2.05) is 36.4 Å². The molecule has 4 N–H and O–H groups in total. The molecule has 10 heteroatoms. The SMILES string of the molecule is Nc1nc(-c2ccc(-c3cc(-c4ccc(Cl)cc4Cl)nc(N)n3)cc2)cc(-c2ccc(Cl)cc2Cl)n1. The molecule has 0 aliphatic rings. The van der Waals surface area contributed by atoms with Gasteiger partial charge in [0.25, 0.3) is 0 Å². The average Bonchev–Trinajstić information content (AvgIpc) is 2.83. The summed E-state index contributed by atoms with van der Waals surface area (Å²) in [5, 5.41) is 2.02. The summed E-state index contributed by atoms with van der Waals surface area (Å²) in [5.41, 5.74) is 17.6. The van der Waals surface area contributed by atoms with Crippen LogP contribution >= 0.6 is 46.4 Å². The third-order valence-corrected chi connectivity index (χ3v) is 6.47. The van der Waals surface area contributed by atoms with Crippen LogP contribution in [0.5, 0.6) is 0 Å². The Morgan fingerprint density at radius 3 is 1.17 bits per heavy atom. The van der Waals surface area contributed by atoms with Gasteiger partial charge in [0, 0.05) is 32.3 Å². The fourth-order valence-electron chi connectivity index (χ4n) is 3.71. The molecule has 5 rings (SSSR count). The molecular weight excluding hydrogens is 538 g/mol. The van der Waals surface area contributed by atoms with Gasteiger partial charge in [0.2, 0.25) is 11.9 Å². The van der Waals surface area contributed by atoms with Gasteiger partial charge in [0.1, 0.15) is 0 Å². The normalized spacial score (nSPS) is 11.0. The third kappa shape index (κ3) is 5.08. The summed E-state index contributed by atoms with van der Waals surface area (Å²) < 4.78 is 0. The Balaban J connectivity index is 1.50. The molecular formula is C26H16Cl4N6. The maximum absolute atomic E-state index is 6.37. The van der Waals surface area contributed by atoms with Crippen molar-refractivity contribution in [3.05, 3.63) is 92.9 Å². The molecule has 2 heterocycles. The van der Waals surface area contributed by atoms with Crippen molar-refractivity contribution in [3.63, 3.8) is 0 Å². The maximum atomic E-state index is 6.37. The summed E-state index contributed by atoms with van der Waals surface area (Å²) in [7, 11) is 0. The second kappa shape index (κ2) is 9.91. The van der Waals surface area contributed by atoms with E-state index in [9.17, 15) is 0 Å². The zero-order valence-electron chi connectivity index (χ0n) is 18.4. The zero-order chi connectivity index (χ0) is 25.4. The highest BCUT2D eigenvalue weighted by molar-refractivity contribution is 6.37. The van der Waals surface area contributed by atoms with E-state index in [4.69, 9.17) is 57.9 Å². The highest BCUT2D eigenvalue weighted by Crippen LogP contribution is 2.34. The van der Waals surface area contributed by atoms with Gasteiger partial charge in [-0.25, -0.2) is 19.9 Å². The van der Waals surface area contributed by atoms with Crippen molar-refractivity contribution in [2.75, 3.05) is 11.5 Å². The molecule has 6 nitrogen and oxygen atoms in total. The number of benzene rings is 3. The summed E-state index contributed by atoms with van der Waals surface area (Å²) >= 11 is 24.8. The number of nitrogens with zero attached hydrogens (tertiary/aromatic N) is 4. The Morgan fingerprint density at radius 2 is 0.806 bits per heavy atom. The number of hydrogen-bond acceptors (Lipinski definition) is 6. The highest BCUT2D eigenvalue weighted by atomic mass is 35.5. The van der Waals surface area contributed by atoms with Gasteiger partial charge in [-0.3, -0.25) is 0 Å². The molecule has 0 fully saturated rings. The van der Waals surface area contributed by atoms with Crippen molar-refractivity contribution in [2.24, 2.45) is 0 Å². The van der Waals surface area contributed by atoms with Crippen LogP contribution in [0, 0.1) is 0 Å². The largest absolute Gasteiger partial charge is 0.368 e. The van der Waals surface area contributed by atoms with Crippen LogP contribution < -0.4 is 11.5 Å². The van der Waals surface area contributed by atoms with Crippen molar-refractivity contribution in [3.8, 4) is 45.0 Å². The fourth-order valence-corrected chi connectivity index (χ4v) is 4.72. The smallest absolute Gasteiger partial charge is 0.221 e. The number of nitrogen functional groups attached to an aromatic ring is 2. The van der Waals surface area contributed by atoms with Crippen molar-refractivity contribution in [1.82, 2.24) is 19.9 Å². The van der Waals surface area contributed by atoms with Gasteiger partial charge in [0.15, 0.2) is 0 Å². The topological polar surface area (TPSA) is 104 Å². The Kier molecular flexibility index (Phi) is 6.69. The van der Waals surface area contributed by atoms with Crippen LogP contribution in [-0.2, 0) is 0 Å². The number of halogens is 4. The van der Waals surface area contributed by atoms with Crippen LogP contribution in [0.3, 0.4) is 0 Å². The van der Waals surface area contributed by atoms with Crippen molar-refractivity contribution in [1.29, 1.82) is 0 Å². The Bertz CT molecular complexity index is 1490. The number of aromatic nitrogens is 4. The molecule has 0 amide bonds. The van der Waals surface area contributed by atoms with Crippen LogP contribution in [0.4, 0.5) is 11.9 Å². The molecule has 0 radical (unpaired) electrons. The Hall–Kier alpha value is -3.42. The summed E-state index contributed by atoms with van der Waals surface area (Å²) in [6.07, 6.45) is 0. The van der Waals surface area contributed by atoms with E-state index in [1.165, 1.54) is 0 Å². The van der Waals surface area contributed by atoms with E-state index in [-0.39, 0.29) is 11.9 Å². The summed E-state index contributed by atoms with van der Waals surface area (Å²) in [5.74, 6) is 0.260. The lowest BCUT2D eigenvalue weighted by Crippen LogP contribution is -2.00. The van der Waals surface area contributed by atoms with Crippen LogP contribution in [-0.4, -0.2) is 19.9 Å². The first-order valence-electron chi connectivity index (χ1n) is 10.6. The van der Waals surface area contributed by atoms with E-state index >= 15 is 0 Å². The molecule has 5 aromatic rings. The molecule has 0 spiro atoms. The van der Waals surface area contributed by atoms with Gasteiger partial charge in [-0.2, -0.15) is 0 Å². The monoisotopic (exact) mass is 552 g/mol. The predicted octanol–water partition coefficient (Wildman–Crippen LogP) is 7.71. The van der Waals surface area contributed by atoms with E-state index in [0.29, 0.717) is 54.0 Å². The summed E-state index contributed by atoms with van der Waals surface area (Å²) in [6, 6.07) is 21.7. The first-order chi connectivity index (χ1) is 17.3. The molecule has 2 aromatic heterocycles. The van der Waals surface area contributed by atoms with E-state index in [1.54, 1.807) is 36.4 Å². The molecule has 0 bridgehead atoms. The van der Waals surface area contributed by atoms with Crippen LogP contribution in [0.15, 0.2) is 72.8 Å². The standard InChI is InChI=1S/C26H16Cl4N6/c27-15-5-7-17(19(29)9-15)23-11-21(33-25(31)35-23)13-1-2-14(4-3-13)22-12-24(36-26(32)34-22)18-8-6-16(28)10-20(18)30/h1-12H,(H2,31,33,35)(H2,32,34,36). The Morgan fingerprint density at radius 1 is 0.444 bits per heavy atom. The van der Waals surface area contributed by atoms with Crippen molar-refractivity contribution >= 4 is 58.3 Å². The minimum absolute atomic E-state index is 0.130. The molecule has 0 aliphatic carbocycles. The van der Waals surface area contributed by atoms with Gasteiger partial charge in [0.05, 0.1) is 32.8 Å². The molecule has 3 aromatic carbocycles. The molecule has 178 valence electrons. The average molecular weight is 554 g/mol. The number of anilines is 2. The molecule has 0 aliphatic heterocycles. The minimum Gasteiger partial charge on any atom is -0.368 e. The second-order valence-electron chi connectivity index (χ2n) is 7.82. The lowest BCUT2D eigenvalue weighted by molar-refractivity contribution is 1.19. The van der Waals surface area contributed by atoms with Gasteiger partial charge in [-0.1, -0.05) is 70.7 Å². The Labute approximate surface area is 226 Å². The predicted molar refractivity (Wildman–Crippen MR) is 148 cm³/mol. The molecule has 36 heavy (non-hydrogen) atoms. The maximum Gasteiger partial charge on any atom is 0.221 e. The minimum atomic E-state index is 0.130. The quantitative estimate of drug-likeness (QED) is 0.236. The lowest BCUT2D eigenvalue weighted by atomic mass is 10.0.